The molecule has 0 atom stereocenters. The van der Waals surface area contributed by atoms with Crippen molar-refractivity contribution in [2.75, 3.05) is 4.90 Å². The van der Waals surface area contributed by atoms with Gasteiger partial charge in [0.05, 0.1) is 28.1 Å². The molecule has 0 unspecified atom stereocenters. The van der Waals surface area contributed by atoms with Crippen molar-refractivity contribution in [2.45, 2.75) is 9.79 Å². The normalized spacial score (nSPS) is 12.5. The lowest BCUT2D eigenvalue weighted by Crippen LogP contribution is -2.14. The Balaban J connectivity index is 1.43. The number of aromatic nitrogens is 2. The minimum Gasteiger partial charge on any atom is -0.308 e. The van der Waals surface area contributed by atoms with Crippen molar-refractivity contribution < 1.29 is 0 Å². The number of hydrogen-bond donors (Lipinski definition) is 0. The van der Waals surface area contributed by atoms with Crippen LogP contribution in [0.2, 0.25) is 0 Å². The smallest absolute Gasteiger partial charge is 0.0894 e. The third-order valence-corrected chi connectivity index (χ3v) is 6.44. The van der Waals surface area contributed by atoms with Gasteiger partial charge in [-0.3, -0.25) is 4.98 Å². The van der Waals surface area contributed by atoms with Crippen LogP contribution in [0.25, 0.3) is 22.3 Å². The maximum atomic E-state index is 4.78. The molecule has 2 aromatic heterocycles. The average Bonchev–Trinajstić information content (AvgIpc) is 2.82. The quantitative estimate of drug-likeness (QED) is 0.305. The van der Waals surface area contributed by atoms with Gasteiger partial charge >= 0.3 is 0 Å². The van der Waals surface area contributed by atoms with Gasteiger partial charge in [0, 0.05) is 27.2 Å². The molecular weight excluding hydrogens is 386 g/mol. The molecule has 142 valence electrons. The predicted octanol–water partition coefficient (Wildman–Crippen LogP) is 7.23. The van der Waals surface area contributed by atoms with E-state index in [0.717, 1.165) is 28.0 Å². The second-order valence-electron chi connectivity index (χ2n) is 7.16. The average molecular weight is 404 g/mol. The number of nitrogens with zero attached hydrogens (tertiary/aromatic N) is 3. The van der Waals surface area contributed by atoms with E-state index >= 15 is 0 Å². The Bertz CT molecular complexity index is 1330. The summed E-state index contributed by atoms with van der Waals surface area (Å²) in [7, 11) is 0. The highest BCUT2D eigenvalue weighted by Crippen LogP contribution is 2.51. The van der Waals surface area contributed by atoms with Crippen molar-refractivity contribution >= 4 is 39.9 Å². The number of para-hydroxylation sites is 2. The monoisotopic (exact) mass is 403 g/mol. The second-order valence-corrected chi connectivity index (χ2v) is 8.24. The van der Waals surface area contributed by atoms with Crippen LogP contribution in [0.5, 0.6) is 0 Å². The molecule has 0 aliphatic carbocycles. The fourth-order valence-electron chi connectivity index (χ4n) is 3.88. The highest BCUT2D eigenvalue weighted by atomic mass is 32.2. The van der Waals surface area contributed by atoms with Gasteiger partial charge in [-0.15, -0.1) is 0 Å². The molecule has 6 rings (SSSR count). The van der Waals surface area contributed by atoms with Gasteiger partial charge in [-0.05, 0) is 60.7 Å². The lowest BCUT2D eigenvalue weighted by Gasteiger charge is -2.32. The van der Waals surface area contributed by atoms with Crippen LogP contribution in [0.15, 0.2) is 113 Å². The molecule has 3 aromatic carbocycles. The summed E-state index contributed by atoms with van der Waals surface area (Å²) in [5, 5.41) is 0. The highest BCUT2D eigenvalue weighted by molar-refractivity contribution is 7.99. The van der Waals surface area contributed by atoms with E-state index < -0.39 is 0 Å². The molecule has 3 heterocycles. The second kappa shape index (κ2) is 7.01. The maximum absolute atomic E-state index is 4.78. The minimum atomic E-state index is 0.912. The molecule has 1 aliphatic heterocycles. The van der Waals surface area contributed by atoms with Crippen LogP contribution in [0, 0.1) is 0 Å². The van der Waals surface area contributed by atoms with Crippen molar-refractivity contribution in [3.63, 3.8) is 0 Å². The van der Waals surface area contributed by atoms with Gasteiger partial charge in [0.2, 0.25) is 0 Å². The molecule has 30 heavy (non-hydrogen) atoms. The number of pyridine rings is 2. The molecule has 4 heteroatoms. The van der Waals surface area contributed by atoms with Gasteiger partial charge in [-0.2, -0.15) is 0 Å². The largest absolute Gasteiger partial charge is 0.308 e. The van der Waals surface area contributed by atoms with Gasteiger partial charge in [-0.25, -0.2) is 4.98 Å². The summed E-state index contributed by atoms with van der Waals surface area (Å²) in [5.41, 5.74) is 7.44. The fraction of sp³-hybridized carbons (Fsp3) is 0. The van der Waals surface area contributed by atoms with Crippen molar-refractivity contribution in [3.05, 3.63) is 103 Å². The van der Waals surface area contributed by atoms with Crippen LogP contribution in [0.3, 0.4) is 0 Å². The third-order valence-electron chi connectivity index (χ3n) is 5.31. The van der Waals surface area contributed by atoms with E-state index in [9.17, 15) is 0 Å². The number of hydrogen-bond acceptors (Lipinski definition) is 4. The summed E-state index contributed by atoms with van der Waals surface area (Å²) >= 11 is 1.82. The molecule has 5 aromatic rings. The Morgan fingerprint density at radius 1 is 0.600 bits per heavy atom. The number of anilines is 3. The van der Waals surface area contributed by atoms with Crippen molar-refractivity contribution in [2.24, 2.45) is 0 Å². The minimum absolute atomic E-state index is 0.912. The Morgan fingerprint density at radius 2 is 1.30 bits per heavy atom. The molecule has 1 aliphatic rings. The van der Waals surface area contributed by atoms with Crippen molar-refractivity contribution in [1.82, 2.24) is 9.97 Å². The zero-order chi connectivity index (χ0) is 19.9. The molecule has 0 saturated carbocycles. The van der Waals surface area contributed by atoms with E-state index in [1.54, 1.807) is 6.20 Å². The fourth-order valence-corrected chi connectivity index (χ4v) is 4.94. The summed E-state index contributed by atoms with van der Waals surface area (Å²) in [6.07, 6.45) is 1.80. The summed E-state index contributed by atoms with van der Waals surface area (Å²) in [6, 6.07) is 33.8. The van der Waals surface area contributed by atoms with Crippen LogP contribution in [-0.4, -0.2) is 9.97 Å². The summed E-state index contributed by atoms with van der Waals surface area (Å²) in [4.78, 5) is 14.0. The molecule has 0 radical (unpaired) electrons. The van der Waals surface area contributed by atoms with E-state index in [1.165, 1.54) is 21.2 Å². The van der Waals surface area contributed by atoms with Crippen LogP contribution in [0.1, 0.15) is 0 Å². The van der Waals surface area contributed by atoms with Crippen LogP contribution in [-0.2, 0) is 0 Å². The molecule has 3 nitrogen and oxygen atoms in total. The first-order valence-electron chi connectivity index (χ1n) is 9.85. The first kappa shape index (κ1) is 17.2. The standard InChI is InChI=1S/C26H17N3S/c1-3-9-25-23(7-1)29(24-8-2-4-10-26(24)30-25)19-13-11-18(12-14-19)20-15-16-21-22(28-20)6-5-17-27-21/h1-17H. The molecule has 0 saturated heterocycles. The Kier molecular flexibility index (Phi) is 4.03. The van der Waals surface area contributed by atoms with Gasteiger partial charge in [0.1, 0.15) is 0 Å². The van der Waals surface area contributed by atoms with Crippen molar-refractivity contribution in [3.8, 4) is 11.3 Å². The molecule has 0 amide bonds. The van der Waals surface area contributed by atoms with E-state index in [1.807, 2.05) is 36.0 Å². The summed E-state index contributed by atoms with van der Waals surface area (Å²) in [5.74, 6) is 0. The zero-order valence-corrected chi connectivity index (χ0v) is 16.9. The molecule has 0 N–H and O–H groups in total. The molecule has 0 bridgehead atoms. The van der Waals surface area contributed by atoms with Gasteiger partial charge in [0.25, 0.3) is 0 Å². The number of fused-ring (bicyclic) bond motifs is 3. The van der Waals surface area contributed by atoms with E-state index in [2.05, 4.69) is 82.7 Å². The predicted molar refractivity (Wildman–Crippen MR) is 124 cm³/mol. The highest BCUT2D eigenvalue weighted by Gasteiger charge is 2.24. The SMILES string of the molecule is c1ccc2c(c1)Sc1ccccc1N2c1ccc(-c2ccc3ncccc3n2)cc1. The first-order valence-corrected chi connectivity index (χ1v) is 10.7. The zero-order valence-electron chi connectivity index (χ0n) is 16.1. The Morgan fingerprint density at radius 3 is 2.03 bits per heavy atom. The number of rotatable bonds is 2. The van der Waals surface area contributed by atoms with Crippen molar-refractivity contribution in [1.29, 1.82) is 0 Å². The summed E-state index contributed by atoms with van der Waals surface area (Å²) < 4.78 is 0. The van der Waals surface area contributed by atoms with Gasteiger partial charge in [-0.1, -0.05) is 48.2 Å². The maximum Gasteiger partial charge on any atom is 0.0894 e. The lowest BCUT2D eigenvalue weighted by atomic mass is 10.1. The van der Waals surface area contributed by atoms with E-state index in [0.29, 0.717) is 0 Å². The van der Waals surface area contributed by atoms with Gasteiger partial charge in [0.15, 0.2) is 0 Å². The van der Waals surface area contributed by atoms with Gasteiger partial charge < -0.3 is 4.90 Å². The van der Waals surface area contributed by atoms with E-state index in [4.69, 9.17) is 4.98 Å². The van der Waals surface area contributed by atoms with Crippen LogP contribution in [0.4, 0.5) is 17.1 Å². The Labute approximate surface area is 179 Å². The topological polar surface area (TPSA) is 29.0 Å². The third kappa shape index (κ3) is 2.85. The molecule has 0 fully saturated rings. The summed E-state index contributed by atoms with van der Waals surface area (Å²) in [6.45, 7) is 0. The first-order chi connectivity index (χ1) is 14.9. The van der Waals surface area contributed by atoms with Crippen LogP contribution >= 0.6 is 11.8 Å². The van der Waals surface area contributed by atoms with E-state index in [-0.39, 0.29) is 0 Å². The Hall–Kier alpha value is -3.63. The molecular formula is C26H17N3S. The lowest BCUT2D eigenvalue weighted by molar-refractivity contribution is 1.17. The van der Waals surface area contributed by atoms with Crippen LogP contribution < -0.4 is 4.90 Å². The molecule has 0 spiro atoms. The number of benzene rings is 3.